The second-order valence-electron chi connectivity index (χ2n) is 4.24. The van der Waals surface area contributed by atoms with E-state index >= 15 is 0 Å². The first-order valence-electron chi connectivity index (χ1n) is 6.10. The van der Waals surface area contributed by atoms with Gasteiger partial charge in [0.05, 0.1) is 0 Å². The first kappa shape index (κ1) is 14.5. The van der Waals surface area contributed by atoms with Gasteiger partial charge >= 0.3 is 0 Å². The second-order valence-corrected chi connectivity index (χ2v) is 4.67. The summed E-state index contributed by atoms with van der Waals surface area (Å²) in [5, 5.41) is 16.1. The van der Waals surface area contributed by atoms with Crippen LogP contribution in [-0.2, 0) is 11.2 Å². The fourth-order valence-electron chi connectivity index (χ4n) is 1.51. The summed E-state index contributed by atoms with van der Waals surface area (Å²) in [6.07, 6.45) is -0.624. The molecule has 1 heterocycles. The van der Waals surface area contributed by atoms with E-state index in [-0.39, 0.29) is 0 Å². The van der Waals surface area contributed by atoms with Gasteiger partial charge in [0.25, 0.3) is 0 Å². The summed E-state index contributed by atoms with van der Waals surface area (Å²) in [6, 6.07) is 7.09. The number of benzene rings is 1. The molecule has 0 radical (unpaired) electrons. The van der Waals surface area contributed by atoms with Gasteiger partial charge < -0.3 is 14.9 Å². The van der Waals surface area contributed by atoms with Gasteiger partial charge in [-0.15, -0.1) is 0 Å². The van der Waals surface area contributed by atoms with Crippen LogP contribution in [0.5, 0.6) is 0 Å². The number of hydrogen-bond acceptors (Lipinski definition) is 5. The van der Waals surface area contributed by atoms with E-state index in [1.165, 1.54) is 6.92 Å². The number of halogens is 1. The van der Waals surface area contributed by atoms with Gasteiger partial charge in [0.2, 0.25) is 17.6 Å². The molecule has 1 atom stereocenters. The molecule has 106 valence electrons. The first-order valence-corrected chi connectivity index (χ1v) is 6.48. The lowest BCUT2D eigenvalue weighted by atomic mass is 10.2. The Morgan fingerprint density at radius 2 is 2.15 bits per heavy atom. The maximum absolute atomic E-state index is 11.2. The summed E-state index contributed by atoms with van der Waals surface area (Å²) < 4.78 is 5.08. The van der Waals surface area contributed by atoms with Crippen LogP contribution in [0.15, 0.2) is 28.8 Å². The minimum Gasteiger partial charge on any atom is -0.384 e. The van der Waals surface area contributed by atoms with E-state index in [0.29, 0.717) is 29.7 Å². The zero-order valence-electron chi connectivity index (χ0n) is 10.8. The monoisotopic (exact) mass is 295 g/mol. The molecule has 0 saturated heterocycles. The first-order chi connectivity index (χ1) is 9.56. The molecular formula is C13H14ClN3O3. The van der Waals surface area contributed by atoms with Crippen molar-refractivity contribution in [2.24, 2.45) is 0 Å². The van der Waals surface area contributed by atoms with Gasteiger partial charge in [-0.25, -0.2) is 0 Å². The van der Waals surface area contributed by atoms with Crippen molar-refractivity contribution in [2.45, 2.75) is 19.4 Å². The maximum Gasteiger partial charge on any atom is 0.248 e. The number of amides is 1. The summed E-state index contributed by atoms with van der Waals surface area (Å²) >= 11 is 5.80. The molecule has 2 aromatic rings. The number of aliphatic hydroxyl groups excluding tert-OH is 1. The van der Waals surface area contributed by atoms with Crippen LogP contribution < -0.4 is 5.32 Å². The highest BCUT2D eigenvalue weighted by molar-refractivity contribution is 6.30. The lowest BCUT2D eigenvalue weighted by Gasteiger charge is -2.04. The fraction of sp³-hybridized carbons (Fsp3) is 0.308. The molecule has 2 N–H and O–H groups in total. The van der Waals surface area contributed by atoms with Gasteiger partial charge in [-0.1, -0.05) is 16.8 Å². The Hall–Kier alpha value is -1.92. The highest BCUT2D eigenvalue weighted by Crippen LogP contribution is 2.18. The number of nitrogens with one attached hydrogen (secondary N) is 1. The minimum atomic E-state index is -1.03. The van der Waals surface area contributed by atoms with Crippen molar-refractivity contribution < 1.29 is 14.4 Å². The number of aliphatic hydroxyl groups is 1. The van der Waals surface area contributed by atoms with Gasteiger partial charge in [-0.05, 0) is 31.2 Å². The molecular weight excluding hydrogens is 282 g/mol. The van der Waals surface area contributed by atoms with E-state index in [9.17, 15) is 4.79 Å². The molecule has 0 saturated carbocycles. The lowest BCUT2D eigenvalue weighted by molar-refractivity contribution is -0.128. The van der Waals surface area contributed by atoms with Crippen molar-refractivity contribution in [3.8, 4) is 11.4 Å². The number of carbonyl (C=O) groups is 1. The molecule has 20 heavy (non-hydrogen) atoms. The maximum atomic E-state index is 11.2. The molecule has 6 nitrogen and oxygen atoms in total. The van der Waals surface area contributed by atoms with Gasteiger partial charge in [0.1, 0.15) is 6.10 Å². The van der Waals surface area contributed by atoms with Crippen LogP contribution in [0.2, 0.25) is 5.02 Å². The summed E-state index contributed by atoms with van der Waals surface area (Å²) in [7, 11) is 0. The summed E-state index contributed by atoms with van der Waals surface area (Å²) in [5.74, 6) is 0.460. The van der Waals surface area contributed by atoms with E-state index in [1.54, 1.807) is 24.3 Å². The Labute approximate surface area is 120 Å². The minimum absolute atomic E-state index is 0.325. The third kappa shape index (κ3) is 3.79. The lowest BCUT2D eigenvalue weighted by Crippen LogP contribution is -2.33. The molecule has 2 rings (SSSR count). The Morgan fingerprint density at radius 3 is 2.80 bits per heavy atom. The summed E-state index contributed by atoms with van der Waals surface area (Å²) in [6.45, 7) is 1.73. The number of aromatic nitrogens is 2. The molecule has 1 aromatic carbocycles. The SMILES string of the molecule is CC(O)C(=O)NCCc1nc(-c2ccc(Cl)cc2)no1. The van der Waals surface area contributed by atoms with Crippen molar-refractivity contribution in [3.63, 3.8) is 0 Å². The molecule has 0 aliphatic rings. The van der Waals surface area contributed by atoms with Crippen LogP contribution >= 0.6 is 11.6 Å². The summed E-state index contributed by atoms with van der Waals surface area (Å²) in [4.78, 5) is 15.4. The fourth-order valence-corrected chi connectivity index (χ4v) is 1.64. The van der Waals surface area contributed by atoms with E-state index < -0.39 is 12.0 Å². The van der Waals surface area contributed by atoms with Crippen LogP contribution in [0.4, 0.5) is 0 Å². The largest absolute Gasteiger partial charge is 0.384 e. The third-order valence-corrected chi connectivity index (χ3v) is 2.84. The van der Waals surface area contributed by atoms with Gasteiger partial charge in [-0.2, -0.15) is 4.98 Å². The molecule has 1 unspecified atom stereocenters. The Balaban J connectivity index is 1.92. The van der Waals surface area contributed by atoms with E-state index in [1.807, 2.05) is 0 Å². The van der Waals surface area contributed by atoms with Crippen LogP contribution in [0.25, 0.3) is 11.4 Å². The van der Waals surface area contributed by atoms with Crippen molar-refractivity contribution in [3.05, 3.63) is 35.2 Å². The molecule has 0 fully saturated rings. The summed E-state index contributed by atoms with van der Waals surface area (Å²) in [5.41, 5.74) is 0.803. The van der Waals surface area contributed by atoms with Crippen molar-refractivity contribution in [1.82, 2.24) is 15.5 Å². The van der Waals surface area contributed by atoms with Crippen LogP contribution in [0.1, 0.15) is 12.8 Å². The third-order valence-electron chi connectivity index (χ3n) is 2.59. The Morgan fingerprint density at radius 1 is 1.45 bits per heavy atom. The average Bonchev–Trinajstić information content (AvgIpc) is 2.88. The van der Waals surface area contributed by atoms with Crippen molar-refractivity contribution in [2.75, 3.05) is 6.54 Å². The topological polar surface area (TPSA) is 88.2 Å². The number of hydrogen-bond donors (Lipinski definition) is 2. The number of rotatable bonds is 5. The van der Waals surface area contributed by atoms with E-state index in [0.717, 1.165) is 5.56 Å². The normalized spacial score (nSPS) is 12.2. The number of carbonyl (C=O) groups excluding carboxylic acids is 1. The Kier molecular flexibility index (Phi) is 4.70. The predicted molar refractivity (Wildman–Crippen MR) is 73.1 cm³/mol. The van der Waals surface area contributed by atoms with Gasteiger partial charge in [0, 0.05) is 23.6 Å². The van der Waals surface area contributed by atoms with Crippen molar-refractivity contribution >= 4 is 17.5 Å². The number of nitrogens with zero attached hydrogens (tertiary/aromatic N) is 2. The van der Waals surface area contributed by atoms with Gasteiger partial charge in [-0.3, -0.25) is 4.79 Å². The zero-order valence-corrected chi connectivity index (χ0v) is 11.6. The molecule has 0 spiro atoms. The smallest absolute Gasteiger partial charge is 0.248 e. The Bertz CT molecular complexity index is 581. The predicted octanol–water partition coefficient (Wildman–Crippen LogP) is 1.43. The quantitative estimate of drug-likeness (QED) is 0.871. The second kappa shape index (κ2) is 6.49. The molecule has 0 aliphatic carbocycles. The van der Waals surface area contributed by atoms with Crippen LogP contribution in [-0.4, -0.2) is 33.8 Å². The molecule has 1 amide bonds. The molecule has 1 aromatic heterocycles. The van der Waals surface area contributed by atoms with Crippen LogP contribution in [0, 0.1) is 0 Å². The van der Waals surface area contributed by atoms with Crippen molar-refractivity contribution in [1.29, 1.82) is 0 Å². The zero-order chi connectivity index (χ0) is 14.5. The van der Waals surface area contributed by atoms with E-state index in [2.05, 4.69) is 15.5 Å². The van der Waals surface area contributed by atoms with E-state index in [4.69, 9.17) is 21.2 Å². The van der Waals surface area contributed by atoms with Crippen LogP contribution in [0.3, 0.4) is 0 Å². The highest BCUT2D eigenvalue weighted by Gasteiger charge is 2.10. The molecule has 7 heteroatoms. The molecule has 0 bridgehead atoms. The molecule has 0 aliphatic heterocycles. The average molecular weight is 296 g/mol. The highest BCUT2D eigenvalue weighted by atomic mass is 35.5. The van der Waals surface area contributed by atoms with Gasteiger partial charge in [0.15, 0.2) is 0 Å². The standard InChI is InChI=1S/C13H14ClN3O3/c1-8(18)13(19)15-7-6-11-16-12(17-20-11)9-2-4-10(14)5-3-9/h2-5,8,18H,6-7H2,1H3,(H,15,19).